The highest BCUT2D eigenvalue weighted by atomic mass is 32.1. The lowest BCUT2D eigenvalue weighted by atomic mass is 9.74. The molecule has 2 aromatic heterocycles. The number of amides is 4. The predicted octanol–water partition coefficient (Wildman–Crippen LogP) is 2.05. The Morgan fingerprint density at radius 2 is 1.06 bits per heavy atom. The van der Waals surface area contributed by atoms with Gasteiger partial charge in [-0.1, -0.05) is 32.9 Å². The Morgan fingerprint density at radius 1 is 0.651 bits per heavy atom. The number of hydrogen-bond donors (Lipinski definition) is 4. The summed E-state index contributed by atoms with van der Waals surface area (Å²) < 4.78 is 22.7. The van der Waals surface area contributed by atoms with E-state index in [9.17, 15) is 28.8 Å². The fraction of sp³-hybridized carbons (Fsp3) is 0.571. The van der Waals surface area contributed by atoms with Crippen LogP contribution in [0.5, 0.6) is 0 Å². The number of carbonyl (C=O) groups excluding carboxylic acids is 6. The number of thiazole rings is 2. The smallest absolute Gasteiger partial charge is 0.375 e. The Labute approximate surface area is 371 Å². The van der Waals surface area contributed by atoms with Crippen LogP contribution >= 0.6 is 22.7 Å². The normalized spacial score (nSPS) is 28.7. The molecule has 7 heterocycles. The van der Waals surface area contributed by atoms with Crippen molar-refractivity contribution in [2.24, 2.45) is 22.9 Å². The molecule has 63 heavy (non-hydrogen) atoms. The molecule has 338 valence electrons. The molecular formula is C42H53N9O10S2. The average Bonchev–Trinajstić information content (AvgIpc) is 4.08. The zero-order valence-electron chi connectivity index (χ0n) is 35.8. The number of likely N-dealkylation sites (tertiary alicyclic amines) is 2. The van der Waals surface area contributed by atoms with Crippen LogP contribution in [-0.4, -0.2) is 118 Å². The molecule has 4 amide bonds. The highest BCUT2D eigenvalue weighted by Gasteiger charge is 2.74. The minimum Gasteiger partial charge on any atom is -0.375 e. The third kappa shape index (κ3) is 6.39. The van der Waals surface area contributed by atoms with Gasteiger partial charge in [0.2, 0.25) is 11.1 Å². The summed E-state index contributed by atoms with van der Waals surface area (Å²) in [5, 5.41) is 4.25. The second-order valence-corrected chi connectivity index (χ2v) is 19.7. The molecule has 4 bridgehead atoms. The van der Waals surface area contributed by atoms with Crippen molar-refractivity contribution < 1.29 is 47.7 Å². The van der Waals surface area contributed by atoms with Crippen molar-refractivity contribution in [3.63, 3.8) is 0 Å². The standard InChI is InChI=1S/C42H53N9O10S2/c1-38(2,3)22-10-12-25(13-11-22)51-28(26-8-6-16-49(26)41(30(43)52,34(54)60-36(45)56)39(58-4)18-23-20-62-32(39)47-23)14-15-29(51)27-9-7-17-50(27)42(31(44)53,35(55)61-37(46)57)40(59-5)19-24-21-63-33(40)48-24/h10-13,20-21,26-29H,6-9,14-19H2,1-5H3,(H2,43,52)(H2,44,53)(H2,45,56)(H2,46,57)/t26?,27?,28-,29?,39+,40+,41+,42+/m1/s1. The number of fused-ring (bicyclic) bond motifs is 4. The average molecular weight is 908 g/mol. The minimum atomic E-state index is -2.40. The Hall–Kier alpha value is -5.06. The van der Waals surface area contributed by atoms with E-state index in [2.05, 4.69) is 35.6 Å². The Morgan fingerprint density at radius 3 is 1.37 bits per heavy atom. The van der Waals surface area contributed by atoms with Crippen molar-refractivity contribution in [3.8, 4) is 0 Å². The molecule has 3 aromatic rings. The SMILES string of the molecule is CO[C@@]1([C@](C(N)=O)(C(=O)OC(N)=O)N2CCCC2C2CC[C@H](C3CCCN3[C@@](C(N)=O)(C(=O)OC(N)=O)[C@]3(OC)Cc4csc3n4)N2c2ccc(C(C)(C)C)cc2)Cc2csc1n2. The van der Waals surface area contributed by atoms with Gasteiger partial charge in [0.25, 0.3) is 11.8 Å². The lowest BCUT2D eigenvalue weighted by Crippen LogP contribution is -2.77. The third-order valence-electron chi connectivity index (χ3n) is 14.1. The maximum absolute atomic E-state index is 14.6. The summed E-state index contributed by atoms with van der Waals surface area (Å²) in [6.07, 6.45) is 0.200. The van der Waals surface area contributed by atoms with Gasteiger partial charge in [0.05, 0.1) is 11.4 Å². The molecule has 8 rings (SSSR count). The van der Waals surface area contributed by atoms with E-state index in [1.165, 1.54) is 36.9 Å². The van der Waals surface area contributed by atoms with Crippen molar-refractivity contribution in [1.29, 1.82) is 0 Å². The van der Waals surface area contributed by atoms with E-state index in [0.717, 1.165) is 11.3 Å². The summed E-state index contributed by atoms with van der Waals surface area (Å²) in [6.45, 7) is 6.71. The number of nitrogens with two attached hydrogens (primary N) is 4. The molecule has 3 saturated heterocycles. The highest BCUT2D eigenvalue weighted by Crippen LogP contribution is 2.55. The van der Waals surface area contributed by atoms with E-state index in [4.69, 9.17) is 41.9 Å². The van der Waals surface area contributed by atoms with Gasteiger partial charge in [-0.25, -0.2) is 29.1 Å². The molecule has 0 spiro atoms. The second-order valence-electron chi connectivity index (χ2n) is 18.0. The predicted molar refractivity (Wildman–Crippen MR) is 228 cm³/mol. The number of anilines is 1. The fourth-order valence-electron chi connectivity index (χ4n) is 11.6. The van der Waals surface area contributed by atoms with Crippen LogP contribution in [0.25, 0.3) is 0 Å². The van der Waals surface area contributed by atoms with Gasteiger partial charge >= 0.3 is 24.1 Å². The van der Waals surface area contributed by atoms with Crippen molar-refractivity contribution in [2.45, 2.75) is 124 Å². The van der Waals surface area contributed by atoms with Gasteiger partial charge in [0, 0.05) is 80.8 Å². The lowest BCUT2D eigenvalue weighted by molar-refractivity contribution is -0.191. The summed E-state index contributed by atoms with van der Waals surface area (Å²) in [4.78, 5) is 97.7. The Kier molecular flexibility index (Phi) is 11.2. The van der Waals surface area contributed by atoms with E-state index >= 15 is 0 Å². The van der Waals surface area contributed by atoms with E-state index in [0.29, 0.717) is 59.9 Å². The first-order valence-corrected chi connectivity index (χ1v) is 22.7. The first-order chi connectivity index (χ1) is 29.8. The molecule has 8 N–H and O–H groups in total. The van der Waals surface area contributed by atoms with Crippen LogP contribution in [0.15, 0.2) is 35.0 Å². The van der Waals surface area contributed by atoms with Gasteiger partial charge in [-0.2, -0.15) is 0 Å². The van der Waals surface area contributed by atoms with Gasteiger partial charge in [0.15, 0.2) is 11.2 Å². The summed E-state index contributed by atoms with van der Waals surface area (Å²) in [7, 11) is 2.73. The number of nitrogens with zero attached hydrogens (tertiary/aromatic N) is 5. The van der Waals surface area contributed by atoms with Gasteiger partial charge in [0.1, 0.15) is 10.0 Å². The number of esters is 2. The number of ether oxygens (including phenoxy) is 4. The van der Waals surface area contributed by atoms with Gasteiger partial charge in [-0.15, -0.1) is 22.7 Å². The monoisotopic (exact) mass is 907 g/mol. The zero-order valence-corrected chi connectivity index (χ0v) is 37.4. The third-order valence-corrected chi connectivity index (χ3v) is 16.1. The number of aromatic nitrogens is 2. The molecule has 0 radical (unpaired) electrons. The van der Waals surface area contributed by atoms with Crippen molar-refractivity contribution in [2.75, 3.05) is 32.2 Å². The Bertz CT molecular complexity index is 2220. The first kappa shape index (κ1) is 44.5. The minimum absolute atomic E-state index is 0.00644. The molecule has 1 aromatic carbocycles. The van der Waals surface area contributed by atoms with E-state index in [-0.39, 0.29) is 31.3 Å². The van der Waals surface area contributed by atoms with Crippen LogP contribution in [0.4, 0.5) is 15.3 Å². The summed E-state index contributed by atoms with van der Waals surface area (Å²) in [5.74, 6) is -4.73. The molecule has 3 fully saturated rings. The molecule has 0 saturated carbocycles. The van der Waals surface area contributed by atoms with Crippen molar-refractivity contribution in [3.05, 3.63) is 62.0 Å². The van der Waals surface area contributed by atoms with Crippen LogP contribution in [0, 0.1) is 0 Å². The zero-order chi connectivity index (χ0) is 45.4. The number of carbonyl (C=O) groups is 6. The number of primary amides is 4. The van der Waals surface area contributed by atoms with Crippen LogP contribution in [-0.2, 0) is 67.6 Å². The van der Waals surface area contributed by atoms with Crippen molar-refractivity contribution in [1.82, 2.24) is 19.8 Å². The van der Waals surface area contributed by atoms with Crippen molar-refractivity contribution >= 4 is 64.3 Å². The van der Waals surface area contributed by atoms with Crippen LogP contribution < -0.4 is 27.8 Å². The molecule has 3 unspecified atom stereocenters. The number of methoxy groups -OCH3 is 2. The van der Waals surface area contributed by atoms with Crippen LogP contribution in [0.2, 0.25) is 0 Å². The lowest BCUT2D eigenvalue weighted by Gasteiger charge is -2.53. The van der Waals surface area contributed by atoms with Crippen LogP contribution in [0.1, 0.15) is 86.3 Å². The molecule has 5 aliphatic heterocycles. The fourth-order valence-corrected chi connectivity index (χ4v) is 13.7. The van der Waals surface area contributed by atoms with Gasteiger partial charge < -0.3 is 46.8 Å². The molecule has 5 aliphatic rings. The second kappa shape index (κ2) is 15.9. The van der Waals surface area contributed by atoms with Gasteiger partial charge in [-0.3, -0.25) is 19.4 Å². The number of hydrogen-bond acceptors (Lipinski definition) is 17. The molecular weight excluding hydrogens is 855 g/mol. The molecule has 8 atom stereocenters. The summed E-state index contributed by atoms with van der Waals surface area (Å²) >= 11 is 2.40. The van der Waals surface area contributed by atoms with Crippen LogP contribution in [0.3, 0.4) is 0 Å². The Balaban J connectivity index is 1.28. The van der Waals surface area contributed by atoms with E-state index < -0.39 is 82.4 Å². The van der Waals surface area contributed by atoms with E-state index in [1.54, 1.807) is 20.6 Å². The summed E-state index contributed by atoms with van der Waals surface area (Å²) in [6, 6.07) is 6.04. The number of benzene rings is 1. The number of rotatable bonds is 13. The highest BCUT2D eigenvalue weighted by molar-refractivity contribution is 7.10. The molecule has 21 heteroatoms. The maximum atomic E-state index is 14.6. The largest absolute Gasteiger partial charge is 0.412 e. The van der Waals surface area contributed by atoms with E-state index in [1.807, 2.05) is 24.3 Å². The molecule has 0 aliphatic carbocycles. The maximum Gasteiger partial charge on any atom is 0.412 e. The molecule has 19 nitrogen and oxygen atoms in total. The quantitative estimate of drug-likeness (QED) is 0.141. The first-order valence-electron chi connectivity index (χ1n) is 20.9. The topological polar surface area (TPSA) is 279 Å². The summed E-state index contributed by atoms with van der Waals surface area (Å²) in [5.41, 5.74) is 18.2. The van der Waals surface area contributed by atoms with Gasteiger partial charge in [-0.05, 0) is 61.6 Å².